The molecule has 0 saturated heterocycles. The average Bonchev–Trinajstić information content (AvgIpc) is 3.07. The zero-order valence-electron chi connectivity index (χ0n) is 12.1. The highest BCUT2D eigenvalue weighted by Gasteiger charge is 2.42. The van der Waals surface area contributed by atoms with E-state index in [1.165, 1.54) is 11.3 Å². The average molecular weight is 336 g/mol. The van der Waals surface area contributed by atoms with Crippen LogP contribution in [0, 0.1) is 6.92 Å². The maximum absolute atomic E-state index is 12.4. The highest BCUT2D eigenvalue weighted by Crippen LogP contribution is 2.29. The largest absolute Gasteiger partial charge is 0.379 e. The lowest BCUT2D eigenvalue weighted by atomic mass is 9.95. The normalized spacial score (nSPS) is 20.4. The Bertz CT molecular complexity index is 742. The van der Waals surface area contributed by atoms with Gasteiger partial charge in [0.1, 0.15) is 0 Å². The molecule has 1 atom stereocenters. The Labute approximate surface area is 137 Å². The van der Waals surface area contributed by atoms with Gasteiger partial charge in [-0.1, -0.05) is 28.9 Å². The van der Waals surface area contributed by atoms with Crippen LogP contribution in [0.2, 0.25) is 5.02 Å². The number of halogens is 1. The van der Waals surface area contributed by atoms with Crippen molar-refractivity contribution in [1.82, 2.24) is 4.98 Å². The summed E-state index contributed by atoms with van der Waals surface area (Å²) in [6.07, 6.45) is 2.11. The van der Waals surface area contributed by atoms with Gasteiger partial charge in [0.15, 0.2) is 5.13 Å². The molecule has 0 saturated carbocycles. The molecular weight excluding hydrogens is 322 g/mol. The summed E-state index contributed by atoms with van der Waals surface area (Å²) in [5.74, 6) is -0.255. The molecule has 3 rings (SSSR count). The summed E-state index contributed by atoms with van der Waals surface area (Å²) < 4.78 is 0. The van der Waals surface area contributed by atoms with Gasteiger partial charge in [-0.3, -0.25) is 10.1 Å². The van der Waals surface area contributed by atoms with Crippen LogP contribution in [0.1, 0.15) is 23.8 Å². The maximum Gasteiger partial charge on any atom is 0.273 e. The minimum Gasteiger partial charge on any atom is -0.379 e. The van der Waals surface area contributed by atoms with Gasteiger partial charge in [0.25, 0.3) is 5.91 Å². The van der Waals surface area contributed by atoms with Crippen LogP contribution in [0.4, 0.5) is 5.13 Å². The number of benzene rings is 1. The molecule has 1 unspecified atom stereocenters. The fraction of sp³-hybridized carbons (Fsp3) is 0.267. The second-order valence-electron chi connectivity index (χ2n) is 5.27. The van der Waals surface area contributed by atoms with Crippen LogP contribution in [0.5, 0.6) is 0 Å². The number of amides is 1. The second-order valence-corrected chi connectivity index (χ2v) is 6.95. The predicted octanol–water partition coefficient (Wildman–Crippen LogP) is 3.63. The lowest BCUT2D eigenvalue weighted by Crippen LogP contribution is -2.40. The van der Waals surface area contributed by atoms with Crippen LogP contribution in [-0.2, 0) is 9.63 Å². The molecule has 5 nitrogen and oxygen atoms in total. The number of oxime groups is 1. The molecule has 0 bridgehead atoms. The van der Waals surface area contributed by atoms with Crippen molar-refractivity contribution in [2.45, 2.75) is 25.9 Å². The summed E-state index contributed by atoms with van der Waals surface area (Å²) in [5.41, 5.74) is 0.588. The fourth-order valence-corrected chi connectivity index (χ4v) is 2.89. The number of carbonyl (C=O) groups is 1. The molecule has 0 fully saturated rings. The first-order chi connectivity index (χ1) is 10.5. The van der Waals surface area contributed by atoms with Crippen molar-refractivity contribution in [3.63, 3.8) is 0 Å². The van der Waals surface area contributed by atoms with Crippen molar-refractivity contribution >= 4 is 39.7 Å². The van der Waals surface area contributed by atoms with E-state index >= 15 is 0 Å². The monoisotopic (exact) mass is 335 g/mol. The van der Waals surface area contributed by atoms with Crippen LogP contribution in [0.3, 0.4) is 0 Å². The lowest BCUT2D eigenvalue weighted by molar-refractivity contribution is -0.135. The fourth-order valence-electron chi connectivity index (χ4n) is 2.10. The zero-order valence-corrected chi connectivity index (χ0v) is 13.7. The number of thiazole rings is 1. The molecule has 0 aliphatic carbocycles. The third-order valence-electron chi connectivity index (χ3n) is 3.36. The number of hydrogen-bond acceptors (Lipinski definition) is 5. The third kappa shape index (κ3) is 2.98. The number of rotatable bonds is 3. The van der Waals surface area contributed by atoms with Crippen LogP contribution < -0.4 is 5.32 Å². The Morgan fingerprint density at radius 3 is 2.77 bits per heavy atom. The van der Waals surface area contributed by atoms with E-state index in [0.717, 1.165) is 16.2 Å². The van der Waals surface area contributed by atoms with E-state index < -0.39 is 5.60 Å². The molecule has 1 amide bonds. The molecule has 1 aromatic heterocycles. The minimum atomic E-state index is -1.03. The van der Waals surface area contributed by atoms with Gasteiger partial charge in [-0.25, -0.2) is 4.98 Å². The van der Waals surface area contributed by atoms with Gasteiger partial charge in [-0.2, -0.15) is 0 Å². The highest BCUT2D eigenvalue weighted by molar-refractivity contribution is 7.15. The molecule has 22 heavy (non-hydrogen) atoms. The number of nitrogens with zero attached hydrogens (tertiary/aromatic N) is 2. The van der Waals surface area contributed by atoms with Crippen molar-refractivity contribution in [1.29, 1.82) is 0 Å². The van der Waals surface area contributed by atoms with E-state index in [1.54, 1.807) is 25.3 Å². The summed E-state index contributed by atoms with van der Waals surface area (Å²) >= 11 is 7.30. The number of carbonyl (C=O) groups excluding carboxylic acids is 1. The summed E-state index contributed by atoms with van der Waals surface area (Å²) in [6.45, 7) is 3.65. The van der Waals surface area contributed by atoms with E-state index in [1.807, 2.05) is 19.1 Å². The smallest absolute Gasteiger partial charge is 0.273 e. The van der Waals surface area contributed by atoms with Gasteiger partial charge in [-0.15, -0.1) is 11.3 Å². The zero-order chi connectivity index (χ0) is 15.7. The van der Waals surface area contributed by atoms with Crippen molar-refractivity contribution in [2.75, 3.05) is 5.32 Å². The molecule has 7 heteroatoms. The quantitative estimate of drug-likeness (QED) is 0.931. The summed E-state index contributed by atoms with van der Waals surface area (Å²) in [7, 11) is 0. The SMILES string of the molecule is Cc1cnc(NC(=O)C2(C)CC(c3ccc(Cl)cc3)=NO2)s1. The van der Waals surface area contributed by atoms with E-state index in [0.29, 0.717) is 16.6 Å². The van der Waals surface area contributed by atoms with E-state index in [4.69, 9.17) is 16.4 Å². The standard InChI is InChI=1S/C15H14ClN3O2S/c1-9-8-17-14(22-9)18-13(20)15(2)7-12(19-21-15)10-3-5-11(16)6-4-10/h3-6,8H,7H2,1-2H3,(H,17,18,20). The molecule has 1 aromatic carbocycles. The molecule has 2 aromatic rings. The van der Waals surface area contributed by atoms with Gasteiger partial charge in [0.2, 0.25) is 5.60 Å². The summed E-state index contributed by atoms with van der Waals surface area (Å²) in [6, 6.07) is 7.29. The molecule has 2 heterocycles. The van der Waals surface area contributed by atoms with Crippen molar-refractivity contribution in [3.05, 3.63) is 45.9 Å². The summed E-state index contributed by atoms with van der Waals surface area (Å²) in [4.78, 5) is 23.0. The molecule has 1 aliphatic heterocycles. The molecule has 0 spiro atoms. The van der Waals surface area contributed by atoms with Gasteiger partial charge in [-0.05, 0) is 31.5 Å². The Morgan fingerprint density at radius 2 is 2.14 bits per heavy atom. The van der Waals surface area contributed by atoms with E-state index in [-0.39, 0.29) is 5.91 Å². The summed E-state index contributed by atoms with van der Waals surface area (Å²) in [5, 5.41) is 8.05. The van der Waals surface area contributed by atoms with Gasteiger partial charge < -0.3 is 4.84 Å². The highest BCUT2D eigenvalue weighted by atomic mass is 35.5. The lowest BCUT2D eigenvalue weighted by Gasteiger charge is -2.19. The van der Waals surface area contributed by atoms with Gasteiger partial charge in [0.05, 0.1) is 5.71 Å². The Morgan fingerprint density at radius 1 is 1.41 bits per heavy atom. The number of aromatic nitrogens is 1. The number of anilines is 1. The first-order valence-electron chi connectivity index (χ1n) is 6.71. The number of nitrogens with one attached hydrogen (secondary N) is 1. The minimum absolute atomic E-state index is 0.255. The topological polar surface area (TPSA) is 63.6 Å². The predicted molar refractivity (Wildman–Crippen MR) is 87.6 cm³/mol. The Hall–Kier alpha value is -1.92. The first-order valence-corrected chi connectivity index (χ1v) is 7.91. The van der Waals surface area contributed by atoms with Crippen molar-refractivity contribution < 1.29 is 9.63 Å². The number of aryl methyl sites for hydroxylation is 1. The number of hydrogen-bond donors (Lipinski definition) is 1. The van der Waals surface area contributed by atoms with Crippen molar-refractivity contribution in [3.8, 4) is 0 Å². The second kappa shape index (κ2) is 5.70. The Kier molecular flexibility index (Phi) is 3.88. The molecule has 114 valence electrons. The van der Waals surface area contributed by atoms with Crippen LogP contribution in [0.25, 0.3) is 0 Å². The molecular formula is C15H14ClN3O2S. The van der Waals surface area contributed by atoms with Crippen LogP contribution in [-0.4, -0.2) is 22.2 Å². The molecule has 1 aliphatic rings. The van der Waals surface area contributed by atoms with Gasteiger partial charge in [0, 0.05) is 22.5 Å². The third-order valence-corrected chi connectivity index (χ3v) is 4.44. The molecule has 0 radical (unpaired) electrons. The molecule has 1 N–H and O–H groups in total. The van der Waals surface area contributed by atoms with E-state index in [2.05, 4.69) is 15.5 Å². The van der Waals surface area contributed by atoms with Gasteiger partial charge >= 0.3 is 0 Å². The van der Waals surface area contributed by atoms with Crippen LogP contribution >= 0.6 is 22.9 Å². The van der Waals surface area contributed by atoms with E-state index in [9.17, 15) is 4.79 Å². The van der Waals surface area contributed by atoms with Crippen LogP contribution in [0.15, 0.2) is 35.6 Å². The van der Waals surface area contributed by atoms with Crippen molar-refractivity contribution in [2.24, 2.45) is 5.16 Å². The Balaban J connectivity index is 1.71. The maximum atomic E-state index is 12.4. The first kappa shape index (κ1) is 15.0.